The summed E-state index contributed by atoms with van der Waals surface area (Å²) in [6, 6.07) is 0.976. The highest BCUT2D eigenvalue weighted by atomic mass is 16.5. The van der Waals surface area contributed by atoms with Crippen LogP contribution in [0.3, 0.4) is 0 Å². The molecule has 0 N–H and O–H groups in total. The van der Waals surface area contributed by atoms with Gasteiger partial charge in [0, 0.05) is 18.6 Å². The molecule has 4 rings (SSSR count). The van der Waals surface area contributed by atoms with Gasteiger partial charge in [0.25, 0.3) is 0 Å². The number of ether oxygens (including phenoxy) is 1. The summed E-state index contributed by atoms with van der Waals surface area (Å²) in [7, 11) is 2.17. The lowest BCUT2D eigenvalue weighted by atomic mass is 9.73. The molecule has 0 spiro atoms. The summed E-state index contributed by atoms with van der Waals surface area (Å²) in [4.78, 5) is 16.8. The zero-order valence-corrected chi connectivity index (χ0v) is 11.5. The second-order valence-electron chi connectivity index (χ2n) is 6.04. The van der Waals surface area contributed by atoms with Crippen LogP contribution >= 0.6 is 0 Å². The van der Waals surface area contributed by atoms with Crippen molar-refractivity contribution in [3.8, 4) is 0 Å². The van der Waals surface area contributed by atoms with Crippen molar-refractivity contribution in [2.24, 2.45) is 11.8 Å². The van der Waals surface area contributed by atoms with Crippen molar-refractivity contribution < 1.29 is 9.53 Å². The first-order valence-corrected chi connectivity index (χ1v) is 7.30. The average Bonchev–Trinajstić information content (AvgIpc) is 2.70. The molecule has 4 aliphatic heterocycles. The Morgan fingerprint density at radius 1 is 1.33 bits per heavy atom. The van der Waals surface area contributed by atoms with Crippen LogP contribution in [-0.4, -0.2) is 61.1 Å². The predicted octanol–water partition coefficient (Wildman–Crippen LogP) is 0.964. The zero-order valence-electron chi connectivity index (χ0n) is 11.5. The van der Waals surface area contributed by atoms with Crippen LogP contribution in [0.4, 0.5) is 0 Å². The van der Waals surface area contributed by atoms with Crippen molar-refractivity contribution >= 4 is 5.97 Å². The molecule has 0 aliphatic carbocycles. The molecule has 4 aliphatic rings. The third-order valence-corrected chi connectivity index (χ3v) is 5.18. The van der Waals surface area contributed by atoms with Crippen molar-refractivity contribution in [1.82, 2.24) is 9.80 Å². The van der Waals surface area contributed by atoms with Crippen molar-refractivity contribution in [2.75, 3.05) is 33.3 Å². The lowest BCUT2D eigenvalue weighted by molar-refractivity contribution is -0.145. The third-order valence-electron chi connectivity index (χ3n) is 5.18. The van der Waals surface area contributed by atoms with E-state index in [1.165, 1.54) is 25.9 Å². The Morgan fingerprint density at radius 2 is 2.06 bits per heavy atom. The second-order valence-corrected chi connectivity index (χ2v) is 6.04. The number of rotatable bonds is 3. The first-order chi connectivity index (χ1) is 8.70. The summed E-state index contributed by atoms with van der Waals surface area (Å²) >= 11 is 0. The predicted molar refractivity (Wildman–Crippen MR) is 69.2 cm³/mol. The number of carbonyl (C=O) groups excluding carboxylic acids is 1. The molecule has 0 aromatic heterocycles. The molecule has 18 heavy (non-hydrogen) atoms. The van der Waals surface area contributed by atoms with Gasteiger partial charge in [0.15, 0.2) is 0 Å². The van der Waals surface area contributed by atoms with Crippen molar-refractivity contribution in [3.63, 3.8) is 0 Å². The fraction of sp³-hybridized carbons (Fsp3) is 0.929. The van der Waals surface area contributed by atoms with E-state index in [0.29, 0.717) is 25.1 Å². The van der Waals surface area contributed by atoms with Crippen LogP contribution in [0.1, 0.15) is 26.2 Å². The number of hydrogen-bond acceptors (Lipinski definition) is 4. The molecule has 0 amide bonds. The van der Waals surface area contributed by atoms with Crippen LogP contribution in [0, 0.1) is 11.8 Å². The molecule has 0 aromatic rings. The van der Waals surface area contributed by atoms with Crippen LogP contribution < -0.4 is 0 Å². The highest BCUT2D eigenvalue weighted by Crippen LogP contribution is 2.44. The summed E-state index contributed by atoms with van der Waals surface area (Å²) in [6.07, 6.45) is 3.29. The summed E-state index contributed by atoms with van der Waals surface area (Å²) in [5, 5.41) is 0. The van der Waals surface area contributed by atoms with Gasteiger partial charge in [-0.1, -0.05) is 0 Å². The molecule has 4 heteroatoms. The molecule has 4 nitrogen and oxygen atoms in total. The standard InChI is InChI=1S/C14H24N2O2/c1-3-18-13(17)8-12-14-11(9-15(12)2)10-4-6-16(14)7-5-10/h10-12,14H,3-9H2,1-2H3. The van der Waals surface area contributed by atoms with Gasteiger partial charge in [-0.05, 0) is 51.7 Å². The van der Waals surface area contributed by atoms with E-state index in [4.69, 9.17) is 4.74 Å². The average molecular weight is 252 g/mol. The maximum absolute atomic E-state index is 11.8. The van der Waals surface area contributed by atoms with Gasteiger partial charge in [-0.25, -0.2) is 0 Å². The molecule has 4 fully saturated rings. The topological polar surface area (TPSA) is 32.8 Å². The fourth-order valence-electron chi connectivity index (χ4n) is 4.38. The van der Waals surface area contributed by atoms with E-state index in [2.05, 4.69) is 16.8 Å². The Hall–Kier alpha value is -0.610. The Morgan fingerprint density at radius 3 is 2.72 bits per heavy atom. The smallest absolute Gasteiger partial charge is 0.307 e. The second kappa shape index (κ2) is 4.82. The Balaban J connectivity index is 1.72. The van der Waals surface area contributed by atoms with Gasteiger partial charge in [0.05, 0.1) is 13.0 Å². The number of piperidine rings is 3. The van der Waals surface area contributed by atoms with Crippen LogP contribution in [0.5, 0.6) is 0 Å². The number of fused-ring (bicyclic) bond motifs is 2. The monoisotopic (exact) mass is 252 g/mol. The van der Waals surface area contributed by atoms with Gasteiger partial charge in [0.2, 0.25) is 0 Å². The molecule has 3 unspecified atom stereocenters. The number of nitrogens with zero attached hydrogens (tertiary/aromatic N) is 2. The molecule has 102 valence electrons. The maximum atomic E-state index is 11.8. The van der Waals surface area contributed by atoms with Crippen molar-refractivity contribution in [1.29, 1.82) is 0 Å². The molecule has 0 aromatic carbocycles. The largest absolute Gasteiger partial charge is 0.466 e. The van der Waals surface area contributed by atoms with E-state index in [-0.39, 0.29) is 5.97 Å². The number of likely N-dealkylation sites (N-methyl/N-ethyl adjacent to an activating group) is 1. The van der Waals surface area contributed by atoms with Crippen LogP contribution in [0.15, 0.2) is 0 Å². The summed E-state index contributed by atoms with van der Waals surface area (Å²) in [6.45, 7) is 6.01. The molecule has 0 radical (unpaired) electrons. The van der Waals surface area contributed by atoms with Crippen LogP contribution in [-0.2, 0) is 9.53 Å². The third kappa shape index (κ3) is 1.95. The first kappa shape index (κ1) is 12.4. The Bertz CT molecular complexity index is 326. The van der Waals surface area contributed by atoms with E-state index >= 15 is 0 Å². The van der Waals surface area contributed by atoms with E-state index in [0.717, 1.165) is 18.4 Å². The molecule has 2 bridgehead atoms. The lowest BCUT2D eigenvalue weighted by Crippen LogP contribution is -2.57. The number of esters is 1. The Labute approximate surface area is 109 Å². The summed E-state index contributed by atoms with van der Waals surface area (Å²) in [5.74, 6) is 1.66. The van der Waals surface area contributed by atoms with Gasteiger partial charge in [-0.3, -0.25) is 9.69 Å². The quantitative estimate of drug-likeness (QED) is 0.701. The Kier molecular flexibility index (Phi) is 3.32. The molecule has 3 atom stereocenters. The van der Waals surface area contributed by atoms with Crippen molar-refractivity contribution in [2.45, 2.75) is 38.3 Å². The van der Waals surface area contributed by atoms with E-state index in [9.17, 15) is 4.79 Å². The summed E-state index contributed by atoms with van der Waals surface area (Å²) in [5.41, 5.74) is 0. The molecular weight excluding hydrogens is 228 g/mol. The van der Waals surface area contributed by atoms with Gasteiger partial charge in [0.1, 0.15) is 0 Å². The maximum Gasteiger partial charge on any atom is 0.307 e. The number of hydrogen-bond donors (Lipinski definition) is 0. The SMILES string of the molecule is CCOC(=O)CC1C2C(CN1C)C1CCN2CC1. The van der Waals surface area contributed by atoms with Crippen molar-refractivity contribution in [3.05, 3.63) is 0 Å². The van der Waals surface area contributed by atoms with Gasteiger partial charge in [-0.2, -0.15) is 0 Å². The first-order valence-electron chi connectivity index (χ1n) is 7.30. The highest BCUT2D eigenvalue weighted by Gasteiger charge is 2.51. The van der Waals surface area contributed by atoms with Gasteiger partial charge < -0.3 is 9.64 Å². The minimum Gasteiger partial charge on any atom is -0.466 e. The van der Waals surface area contributed by atoms with E-state index in [1.807, 2.05) is 6.92 Å². The normalized spacial score (nSPS) is 42.9. The highest BCUT2D eigenvalue weighted by molar-refractivity contribution is 5.70. The van der Waals surface area contributed by atoms with Gasteiger partial charge >= 0.3 is 5.97 Å². The van der Waals surface area contributed by atoms with Gasteiger partial charge in [-0.15, -0.1) is 0 Å². The molecule has 0 saturated carbocycles. The minimum absolute atomic E-state index is 0.0300. The molecular formula is C14H24N2O2. The number of likely N-dealkylation sites (tertiary alicyclic amines) is 1. The van der Waals surface area contributed by atoms with E-state index < -0.39 is 0 Å². The molecule has 4 heterocycles. The zero-order chi connectivity index (χ0) is 12.7. The van der Waals surface area contributed by atoms with Crippen LogP contribution in [0.25, 0.3) is 0 Å². The molecule has 4 saturated heterocycles. The van der Waals surface area contributed by atoms with E-state index in [1.54, 1.807) is 0 Å². The fourth-order valence-corrected chi connectivity index (χ4v) is 4.38. The van der Waals surface area contributed by atoms with Crippen LogP contribution in [0.2, 0.25) is 0 Å². The minimum atomic E-state index is -0.0300. The number of carbonyl (C=O) groups is 1. The summed E-state index contributed by atoms with van der Waals surface area (Å²) < 4.78 is 5.13. The lowest BCUT2D eigenvalue weighted by Gasteiger charge is -2.49.